The van der Waals surface area contributed by atoms with E-state index in [4.69, 9.17) is 16.9 Å². The first kappa shape index (κ1) is 8.73. The number of nitriles is 1. The third-order valence-corrected chi connectivity index (χ3v) is 1.88. The van der Waals surface area contributed by atoms with Gasteiger partial charge in [-0.3, -0.25) is 4.57 Å². The Hall–Kier alpha value is -1.86. The molecule has 0 radical (unpaired) electrons. The summed E-state index contributed by atoms with van der Waals surface area (Å²) in [6.07, 6.45) is 4.71. The second-order valence-corrected chi connectivity index (χ2v) is 3.01. The lowest BCUT2D eigenvalue weighted by Crippen LogP contribution is -2.00. The van der Waals surface area contributed by atoms with E-state index < -0.39 is 0 Å². The molecule has 2 aromatic rings. The standard InChI is InChI=1S/C9H5ClN4/c10-7-5-12-9(13-6-7)14-3-1-2-8(14)4-11/h1-3,5-6H. The van der Waals surface area contributed by atoms with Crippen LogP contribution in [0.3, 0.4) is 0 Å². The normalized spacial score (nSPS) is 9.71. The van der Waals surface area contributed by atoms with Gasteiger partial charge in [-0.15, -0.1) is 0 Å². The molecule has 5 heteroatoms. The summed E-state index contributed by atoms with van der Waals surface area (Å²) in [7, 11) is 0. The first-order chi connectivity index (χ1) is 6.81. The second-order valence-electron chi connectivity index (χ2n) is 2.58. The van der Waals surface area contributed by atoms with Gasteiger partial charge in [0.05, 0.1) is 17.4 Å². The van der Waals surface area contributed by atoms with Crippen molar-refractivity contribution in [3.63, 3.8) is 0 Å². The minimum Gasteiger partial charge on any atom is -0.276 e. The molecule has 2 aromatic heterocycles. The minimum atomic E-state index is 0.441. The van der Waals surface area contributed by atoms with Crippen LogP contribution in [0.1, 0.15) is 5.69 Å². The highest BCUT2D eigenvalue weighted by atomic mass is 35.5. The average Bonchev–Trinajstić information content (AvgIpc) is 2.67. The largest absolute Gasteiger partial charge is 0.276 e. The van der Waals surface area contributed by atoms with Crippen molar-refractivity contribution < 1.29 is 0 Å². The summed E-state index contributed by atoms with van der Waals surface area (Å²) in [5, 5.41) is 9.24. The molecule has 0 aromatic carbocycles. The summed E-state index contributed by atoms with van der Waals surface area (Å²) < 4.78 is 1.59. The highest BCUT2D eigenvalue weighted by Crippen LogP contribution is 2.09. The van der Waals surface area contributed by atoms with E-state index in [0.29, 0.717) is 16.7 Å². The molecule has 0 atom stereocenters. The van der Waals surface area contributed by atoms with Crippen LogP contribution >= 0.6 is 11.6 Å². The maximum Gasteiger partial charge on any atom is 0.234 e. The van der Waals surface area contributed by atoms with E-state index in [0.717, 1.165) is 0 Å². The van der Waals surface area contributed by atoms with Crippen LogP contribution in [0.15, 0.2) is 30.7 Å². The topological polar surface area (TPSA) is 54.5 Å². The second kappa shape index (κ2) is 3.48. The molecule has 0 spiro atoms. The quantitative estimate of drug-likeness (QED) is 0.712. The Balaban J connectivity index is 2.50. The van der Waals surface area contributed by atoms with E-state index in [1.54, 1.807) is 22.9 Å². The van der Waals surface area contributed by atoms with Gasteiger partial charge in [0.25, 0.3) is 0 Å². The fourth-order valence-corrected chi connectivity index (χ4v) is 1.17. The van der Waals surface area contributed by atoms with Gasteiger partial charge in [0, 0.05) is 6.20 Å². The van der Waals surface area contributed by atoms with Gasteiger partial charge in [-0.25, -0.2) is 9.97 Å². The smallest absolute Gasteiger partial charge is 0.234 e. The molecule has 0 amide bonds. The molecule has 0 saturated heterocycles. The molecule has 0 aliphatic heterocycles. The van der Waals surface area contributed by atoms with Crippen LogP contribution in [0.25, 0.3) is 5.95 Å². The predicted octanol–water partition coefficient (Wildman–Crippen LogP) is 1.79. The third-order valence-electron chi connectivity index (χ3n) is 1.69. The van der Waals surface area contributed by atoms with Crippen LogP contribution in [0.5, 0.6) is 0 Å². The van der Waals surface area contributed by atoms with Crippen molar-refractivity contribution in [2.24, 2.45) is 0 Å². The maximum absolute atomic E-state index is 8.77. The number of rotatable bonds is 1. The van der Waals surface area contributed by atoms with Gasteiger partial charge in [0.15, 0.2) is 0 Å². The number of nitrogens with zero attached hydrogens (tertiary/aromatic N) is 4. The van der Waals surface area contributed by atoms with Crippen LogP contribution in [0.2, 0.25) is 5.02 Å². The fraction of sp³-hybridized carbons (Fsp3) is 0. The Morgan fingerprint density at radius 2 is 2.07 bits per heavy atom. The summed E-state index contributed by atoms with van der Waals surface area (Å²) in [6, 6.07) is 5.49. The predicted molar refractivity (Wildman–Crippen MR) is 51.1 cm³/mol. The maximum atomic E-state index is 8.77. The molecule has 0 fully saturated rings. The Bertz CT molecular complexity index is 480. The van der Waals surface area contributed by atoms with Crippen molar-refractivity contribution in [1.82, 2.24) is 14.5 Å². The van der Waals surface area contributed by atoms with E-state index >= 15 is 0 Å². The summed E-state index contributed by atoms with van der Waals surface area (Å²) >= 11 is 5.65. The van der Waals surface area contributed by atoms with E-state index in [9.17, 15) is 0 Å². The molecule has 0 unspecified atom stereocenters. The van der Waals surface area contributed by atoms with Gasteiger partial charge < -0.3 is 0 Å². The zero-order valence-corrected chi connectivity index (χ0v) is 7.81. The lowest BCUT2D eigenvalue weighted by Gasteiger charge is -2.00. The molecular formula is C9H5ClN4. The molecule has 2 heterocycles. The highest BCUT2D eigenvalue weighted by molar-refractivity contribution is 6.30. The summed E-state index contributed by atoms with van der Waals surface area (Å²) in [6.45, 7) is 0. The molecule has 68 valence electrons. The van der Waals surface area contributed by atoms with E-state index in [2.05, 4.69) is 9.97 Å². The molecule has 0 bridgehead atoms. The Morgan fingerprint density at radius 1 is 1.36 bits per heavy atom. The van der Waals surface area contributed by atoms with Crippen LogP contribution < -0.4 is 0 Å². The molecule has 0 saturated carbocycles. The molecule has 0 N–H and O–H groups in total. The zero-order chi connectivity index (χ0) is 9.97. The molecule has 0 aliphatic carbocycles. The average molecular weight is 205 g/mol. The summed E-state index contributed by atoms with van der Waals surface area (Å²) in [5.74, 6) is 0.441. The Labute approximate surface area is 85.4 Å². The van der Waals surface area contributed by atoms with Gasteiger partial charge in [0.2, 0.25) is 5.95 Å². The lowest BCUT2D eigenvalue weighted by atomic mass is 10.5. The first-order valence-electron chi connectivity index (χ1n) is 3.86. The molecular weight excluding hydrogens is 200 g/mol. The number of hydrogen-bond acceptors (Lipinski definition) is 3. The number of aromatic nitrogens is 3. The van der Waals surface area contributed by atoms with Crippen molar-refractivity contribution in [2.75, 3.05) is 0 Å². The first-order valence-corrected chi connectivity index (χ1v) is 4.24. The van der Waals surface area contributed by atoms with Crippen LogP contribution in [-0.2, 0) is 0 Å². The lowest BCUT2D eigenvalue weighted by molar-refractivity contribution is 0.922. The van der Waals surface area contributed by atoms with Gasteiger partial charge >= 0.3 is 0 Å². The van der Waals surface area contributed by atoms with Crippen molar-refractivity contribution in [3.05, 3.63) is 41.4 Å². The van der Waals surface area contributed by atoms with Gasteiger partial charge in [-0.2, -0.15) is 5.26 Å². The SMILES string of the molecule is N#Cc1cccn1-c1ncc(Cl)cn1. The van der Waals surface area contributed by atoms with E-state index in [-0.39, 0.29) is 0 Å². The minimum absolute atomic E-state index is 0.441. The molecule has 2 rings (SSSR count). The number of halogens is 1. The Morgan fingerprint density at radius 3 is 2.71 bits per heavy atom. The van der Waals surface area contributed by atoms with Crippen LogP contribution in [0.4, 0.5) is 0 Å². The van der Waals surface area contributed by atoms with Gasteiger partial charge in [-0.1, -0.05) is 11.6 Å². The zero-order valence-electron chi connectivity index (χ0n) is 7.05. The van der Waals surface area contributed by atoms with Crippen LogP contribution in [0, 0.1) is 11.3 Å². The fourth-order valence-electron chi connectivity index (χ4n) is 1.08. The van der Waals surface area contributed by atoms with Crippen molar-refractivity contribution in [1.29, 1.82) is 5.26 Å². The van der Waals surface area contributed by atoms with E-state index in [1.165, 1.54) is 12.4 Å². The van der Waals surface area contributed by atoms with Gasteiger partial charge in [0.1, 0.15) is 11.8 Å². The molecule has 4 nitrogen and oxygen atoms in total. The monoisotopic (exact) mass is 204 g/mol. The van der Waals surface area contributed by atoms with Crippen LogP contribution in [-0.4, -0.2) is 14.5 Å². The summed E-state index contributed by atoms with van der Waals surface area (Å²) in [4.78, 5) is 8.00. The third kappa shape index (κ3) is 1.45. The molecule has 14 heavy (non-hydrogen) atoms. The van der Waals surface area contributed by atoms with Crippen molar-refractivity contribution >= 4 is 11.6 Å². The molecule has 0 aliphatic rings. The number of hydrogen-bond donors (Lipinski definition) is 0. The van der Waals surface area contributed by atoms with Crippen molar-refractivity contribution in [3.8, 4) is 12.0 Å². The van der Waals surface area contributed by atoms with Gasteiger partial charge in [-0.05, 0) is 12.1 Å². The summed E-state index contributed by atoms with van der Waals surface area (Å²) in [5.41, 5.74) is 0.493. The highest BCUT2D eigenvalue weighted by Gasteiger charge is 2.03. The van der Waals surface area contributed by atoms with Crippen molar-refractivity contribution in [2.45, 2.75) is 0 Å². The van der Waals surface area contributed by atoms with E-state index in [1.807, 2.05) is 6.07 Å². The Kier molecular flexibility index (Phi) is 2.17.